The minimum absolute atomic E-state index is 0.464. The van der Waals surface area contributed by atoms with E-state index in [1.165, 1.54) is 0 Å². The smallest absolute Gasteiger partial charge is 0.0181 e. The van der Waals surface area contributed by atoms with Crippen LogP contribution in [0.4, 0.5) is 0 Å². The highest BCUT2D eigenvalue weighted by Crippen LogP contribution is 2.09. The first-order chi connectivity index (χ1) is 5.26. The fourth-order valence-electron chi connectivity index (χ4n) is 1.11. The van der Waals surface area contributed by atoms with Crippen LogP contribution >= 0.6 is 12.6 Å². The molecule has 3 N–H and O–H groups in total. The van der Waals surface area contributed by atoms with Crippen LogP contribution in [0, 0.1) is 0 Å². The zero-order valence-corrected chi connectivity index (χ0v) is 8.40. The Morgan fingerprint density at radius 1 is 1.36 bits per heavy atom. The molecule has 0 bridgehead atoms. The minimum atomic E-state index is 0.464. The van der Waals surface area contributed by atoms with E-state index in [0.29, 0.717) is 17.8 Å². The third-order valence-corrected chi connectivity index (χ3v) is 2.60. The first-order valence-electron chi connectivity index (χ1n) is 4.37. The van der Waals surface area contributed by atoms with Gasteiger partial charge < -0.3 is 11.1 Å². The molecular formula is C8H20N2S. The van der Waals surface area contributed by atoms with Crippen molar-refractivity contribution in [1.29, 1.82) is 0 Å². The lowest BCUT2D eigenvalue weighted by molar-refractivity contribution is 0.482. The van der Waals surface area contributed by atoms with Crippen LogP contribution in [0.3, 0.4) is 0 Å². The fraction of sp³-hybridized carbons (Fsp3) is 1.00. The molecule has 0 aliphatic heterocycles. The highest BCUT2D eigenvalue weighted by molar-refractivity contribution is 7.81. The van der Waals surface area contributed by atoms with Crippen molar-refractivity contribution in [3.8, 4) is 0 Å². The molecule has 0 aromatic rings. The summed E-state index contributed by atoms with van der Waals surface area (Å²) in [4.78, 5) is 0. The van der Waals surface area contributed by atoms with Crippen LogP contribution in [-0.4, -0.2) is 24.4 Å². The SMILES string of the molecule is CCC(S)C(CC)NCCN. The van der Waals surface area contributed by atoms with E-state index in [4.69, 9.17) is 5.73 Å². The summed E-state index contributed by atoms with van der Waals surface area (Å²) in [5.74, 6) is 0. The number of thiol groups is 1. The highest BCUT2D eigenvalue weighted by atomic mass is 32.1. The Morgan fingerprint density at radius 2 is 2.00 bits per heavy atom. The predicted octanol–water partition coefficient (Wildman–Crippen LogP) is 1.02. The average Bonchev–Trinajstić information content (AvgIpc) is 2.05. The molecule has 0 aliphatic rings. The Morgan fingerprint density at radius 3 is 2.36 bits per heavy atom. The fourth-order valence-corrected chi connectivity index (χ4v) is 1.42. The summed E-state index contributed by atoms with van der Waals surface area (Å²) in [7, 11) is 0. The summed E-state index contributed by atoms with van der Waals surface area (Å²) in [6.45, 7) is 5.94. The number of hydrogen-bond acceptors (Lipinski definition) is 3. The Balaban J connectivity index is 3.56. The van der Waals surface area contributed by atoms with Gasteiger partial charge in [0.15, 0.2) is 0 Å². The van der Waals surface area contributed by atoms with Crippen molar-refractivity contribution in [2.24, 2.45) is 5.73 Å². The molecule has 0 saturated heterocycles. The molecule has 0 spiro atoms. The van der Waals surface area contributed by atoms with Gasteiger partial charge in [0.1, 0.15) is 0 Å². The molecule has 68 valence electrons. The van der Waals surface area contributed by atoms with Gasteiger partial charge in [0.05, 0.1) is 0 Å². The van der Waals surface area contributed by atoms with Crippen LogP contribution in [0.25, 0.3) is 0 Å². The van der Waals surface area contributed by atoms with E-state index in [-0.39, 0.29) is 0 Å². The van der Waals surface area contributed by atoms with Gasteiger partial charge in [-0.1, -0.05) is 13.8 Å². The van der Waals surface area contributed by atoms with E-state index >= 15 is 0 Å². The Hall–Kier alpha value is 0.270. The number of hydrogen-bond donors (Lipinski definition) is 3. The van der Waals surface area contributed by atoms with Gasteiger partial charge in [0.2, 0.25) is 0 Å². The van der Waals surface area contributed by atoms with Crippen molar-refractivity contribution < 1.29 is 0 Å². The normalized spacial score (nSPS) is 16.4. The van der Waals surface area contributed by atoms with Crippen molar-refractivity contribution in [3.05, 3.63) is 0 Å². The third kappa shape index (κ3) is 4.67. The van der Waals surface area contributed by atoms with Crippen molar-refractivity contribution in [3.63, 3.8) is 0 Å². The Labute approximate surface area is 75.3 Å². The van der Waals surface area contributed by atoms with E-state index in [9.17, 15) is 0 Å². The first kappa shape index (κ1) is 11.3. The highest BCUT2D eigenvalue weighted by Gasteiger charge is 2.12. The lowest BCUT2D eigenvalue weighted by Crippen LogP contribution is -2.39. The van der Waals surface area contributed by atoms with Crippen molar-refractivity contribution >= 4 is 12.6 Å². The number of rotatable bonds is 6. The molecule has 2 atom stereocenters. The molecule has 11 heavy (non-hydrogen) atoms. The summed E-state index contributed by atoms with van der Waals surface area (Å²) in [6, 6.07) is 0.520. The molecule has 0 saturated carbocycles. The molecule has 0 aromatic carbocycles. The van der Waals surface area contributed by atoms with Gasteiger partial charge in [-0.05, 0) is 12.8 Å². The minimum Gasteiger partial charge on any atom is -0.329 e. The van der Waals surface area contributed by atoms with Crippen molar-refractivity contribution in [2.75, 3.05) is 13.1 Å². The van der Waals surface area contributed by atoms with Crippen LogP contribution in [-0.2, 0) is 0 Å². The summed E-state index contributed by atoms with van der Waals surface area (Å²) in [5, 5.41) is 3.83. The van der Waals surface area contributed by atoms with E-state index < -0.39 is 0 Å². The summed E-state index contributed by atoms with van der Waals surface area (Å²) < 4.78 is 0. The maximum Gasteiger partial charge on any atom is 0.0181 e. The zero-order chi connectivity index (χ0) is 8.69. The molecule has 0 heterocycles. The van der Waals surface area contributed by atoms with Crippen molar-refractivity contribution in [2.45, 2.75) is 38.0 Å². The second kappa shape index (κ2) is 6.95. The molecule has 0 aromatic heterocycles. The standard InChI is InChI=1S/C8H20N2S/c1-3-7(8(11)4-2)10-6-5-9/h7-8,10-11H,3-6,9H2,1-2H3. The van der Waals surface area contributed by atoms with Crippen LogP contribution in [0.2, 0.25) is 0 Å². The molecule has 0 amide bonds. The molecule has 2 unspecified atom stereocenters. The average molecular weight is 176 g/mol. The lowest BCUT2D eigenvalue weighted by atomic mass is 10.1. The van der Waals surface area contributed by atoms with Gasteiger partial charge >= 0.3 is 0 Å². The predicted molar refractivity (Wildman–Crippen MR) is 54.2 cm³/mol. The molecule has 2 nitrogen and oxygen atoms in total. The molecule has 0 rings (SSSR count). The molecule has 0 radical (unpaired) electrons. The molecule has 3 heteroatoms. The van der Waals surface area contributed by atoms with E-state index in [2.05, 4.69) is 31.8 Å². The zero-order valence-electron chi connectivity index (χ0n) is 7.51. The third-order valence-electron chi connectivity index (χ3n) is 1.87. The van der Waals surface area contributed by atoms with Crippen molar-refractivity contribution in [1.82, 2.24) is 5.32 Å². The quantitative estimate of drug-likeness (QED) is 0.529. The summed E-state index contributed by atoms with van der Waals surface area (Å²) in [6.07, 6.45) is 2.24. The van der Waals surface area contributed by atoms with Gasteiger partial charge in [-0.15, -0.1) is 0 Å². The molecule has 0 aliphatic carbocycles. The van der Waals surface area contributed by atoms with Gasteiger partial charge in [-0.25, -0.2) is 0 Å². The molecular weight excluding hydrogens is 156 g/mol. The van der Waals surface area contributed by atoms with Crippen LogP contribution in [0.15, 0.2) is 0 Å². The molecule has 0 fully saturated rings. The summed E-state index contributed by atoms with van der Waals surface area (Å²) in [5.41, 5.74) is 5.39. The van der Waals surface area contributed by atoms with Gasteiger partial charge in [-0.3, -0.25) is 0 Å². The lowest BCUT2D eigenvalue weighted by Gasteiger charge is -2.21. The Bertz CT molecular complexity index is 88.2. The maximum absolute atomic E-state index is 5.39. The summed E-state index contributed by atoms with van der Waals surface area (Å²) >= 11 is 4.47. The van der Waals surface area contributed by atoms with Gasteiger partial charge in [0, 0.05) is 24.4 Å². The second-order valence-corrected chi connectivity index (χ2v) is 3.40. The van der Waals surface area contributed by atoms with E-state index in [1.54, 1.807) is 0 Å². The van der Waals surface area contributed by atoms with Gasteiger partial charge in [0.25, 0.3) is 0 Å². The number of nitrogens with one attached hydrogen (secondary N) is 1. The maximum atomic E-state index is 5.39. The van der Waals surface area contributed by atoms with Gasteiger partial charge in [-0.2, -0.15) is 12.6 Å². The number of nitrogens with two attached hydrogens (primary N) is 1. The first-order valence-corrected chi connectivity index (χ1v) is 4.89. The Kier molecular flexibility index (Phi) is 7.12. The van der Waals surface area contributed by atoms with Crippen LogP contribution < -0.4 is 11.1 Å². The van der Waals surface area contributed by atoms with Crippen LogP contribution in [0.1, 0.15) is 26.7 Å². The van der Waals surface area contributed by atoms with Crippen LogP contribution in [0.5, 0.6) is 0 Å². The topological polar surface area (TPSA) is 38.0 Å². The second-order valence-electron chi connectivity index (χ2n) is 2.73. The monoisotopic (exact) mass is 176 g/mol. The van der Waals surface area contributed by atoms with E-state index in [0.717, 1.165) is 19.4 Å². The van der Waals surface area contributed by atoms with E-state index in [1.807, 2.05) is 0 Å². The largest absolute Gasteiger partial charge is 0.329 e.